The quantitative estimate of drug-likeness (QED) is 0.722. The van der Waals surface area contributed by atoms with Gasteiger partial charge in [0.1, 0.15) is 18.2 Å². The molecule has 2 N–H and O–H groups in total. The van der Waals surface area contributed by atoms with Gasteiger partial charge >= 0.3 is 6.03 Å². The molecule has 0 atom stereocenters. The van der Waals surface area contributed by atoms with Gasteiger partial charge in [0.15, 0.2) is 0 Å². The molecule has 0 unspecified atom stereocenters. The Morgan fingerprint density at radius 2 is 1.75 bits per heavy atom. The molecule has 0 bridgehead atoms. The molecule has 24 heavy (non-hydrogen) atoms. The van der Waals surface area contributed by atoms with Crippen LogP contribution in [0.2, 0.25) is 10.0 Å². The molecule has 0 spiro atoms. The number of hydrogen-bond donors (Lipinski definition) is 2. The zero-order valence-corrected chi connectivity index (χ0v) is 14.3. The van der Waals surface area contributed by atoms with Crippen LogP contribution in [0.1, 0.15) is 5.56 Å². The van der Waals surface area contributed by atoms with Gasteiger partial charge < -0.3 is 15.4 Å². The molecule has 128 valence electrons. The zero-order chi connectivity index (χ0) is 17.4. The molecular weight excluding hydrogens is 354 g/mol. The topological polar surface area (TPSA) is 50.4 Å². The maximum atomic E-state index is 12.9. The highest BCUT2D eigenvalue weighted by Gasteiger charge is 2.04. The maximum Gasteiger partial charge on any atom is 0.314 e. The molecule has 0 aliphatic carbocycles. The highest BCUT2D eigenvalue weighted by atomic mass is 35.5. The van der Waals surface area contributed by atoms with Gasteiger partial charge in [0, 0.05) is 11.6 Å². The van der Waals surface area contributed by atoms with E-state index in [0.717, 1.165) is 5.56 Å². The van der Waals surface area contributed by atoms with E-state index in [1.165, 1.54) is 18.2 Å². The lowest BCUT2D eigenvalue weighted by Crippen LogP contribution is -2.38. The largest absolute Gasteiger partial charge is 0.490 e. The number of carbonyl (C=O) groups is 1. The molecular formula is C17H17Cl2FN2O2. The van der Waals surface area contributed by atoms with Gasteiger partial charge in [0.25, 0.3) is 0 Å². The summed E-state index contributed by atoms with van der Waals surface area (Å²) in [4.78, 5) is 11.6. The second kappa shape index (κ2) is 9.35. The first-order valence-corrected chi connectivity index (χ1v) is 8.14. The maximum absolute atomic E-state index is 12.9. The highest BCUT2D eigenvalue weighted by Crippen LogP contribution is 2.24. The fourth-order valence-electron chi connectivity index (χ4n) is 1.95. The summed E-state index contributed by atoms with van der Waals surface area (Å²) in [5.74, 6) is -0.0476. The van der Waals surface area contributed by atoms with Crippen molar-refractivity contribution in [1.29, 1.82) is 0 Å². The first-order valence-electron chi connectivity index (χ1n) is 7.38. The molecule has 0 fully saturated rings. The van der Waals surface area contributed by atoms with Crippen molar-refractivity contribution < 1.29 is 13.9 Å². The van der Waals surface area contributed by atoms with Crippen molar-refractivity contribution in [3.8, 4) is 5.75 Å². The number of urea groups is 1. The molecule has 2 aromatic carbocycles. The van der Waals surface area contributed by atoms with E-state index in [2.05, 4.69) is 10.6 Å². The Bertz CT molecular complexity index is 681. The van der Waals surface area contributed by atoms with Gasteiger partial charge in [-0.1, -0.05) is 35.3 Å². The molecule has 0 saturated heterocycles. The van der Waals surface area contributed by atoms with Crippen molar-refractivity contribution in [3.05, 3.63) is 63.9 Å². The molecule has 2 aromatic rings. The highest BCUT2D eigenvalue weighted by molar-refractivity contribution is 6.32. The normalized spacial score (nSPS) is 10.3. The third-order valence-corrected chi connectivity index (χ3v) is 3.70. The van der Waals surface area contributed by atoms with Crippen LogP contribution < -0.4 is 15.4 Å². The number of rotatable bonds is 7. The number of amides is 2. The summed E-state index contributed by atoms with van der Waals surface area (Å²) in [6, 6.07) is 11.1. The average Bonchev–Trinajstić information content (AvgIpc) is 2.55. The van der Waals surface area contributed by atoms with Crippen LogP contribution in [0.5, 0.6) is 5.75 Å². The minimum Gasteiger partial charge on any atom is -0.490 e. The van der Waals surface area contributed by atoms with Gasteiger partial charge in [-0.05, 0) is 42.3 Å². The zero-order valence-electron chi connectivity index (χ0n) is 12.8. The van der Waals surface area contributed by atoms with Crippen molar-refractivity contribution >= 4 is 29.2 Å². The summed E-state index contributed by atoms with van der Waals surface area (Å²) in [5, 5.41) is 6.30. The van der Waals surface area contributed by atoms with Crippen LogP contribution in [-0.4, -0.2) is 25.7 Å². The molecule has 0 saturated carbocycles. The third-order valence-electron chi connectivity index (χ3n) is 3.15. The molecule has 2 amide bonds. The van der Waals surface area contributed by atoms with Crippen LogP contribution in [-0.2, 0) is 6.42 Å². The lowest BCUT2D eigenvalue weighted by molar-refractivity contribution is 0.236. The van der Waals surface area contributed by atoms with Crippen LogP contribution in [0.4, 0.5) is 9.18 Å². The summed E-state index contributed by atoms with van der Waals surface area (Å²) in [6.07, 6.45) is 0.715. The molecule has 0 aliphatic heterocycles. The summed E-state index contributed by atoms with van der Waals surface area (Å²) < 4.78 is 18.3. The average molecular weight is 371 g/mol. The van der Waals surface area contributed by atoms with Crippen LogP contribution in [0, 0.1) is 5.82 Å². The van der Waals surface area contributed by atoms with Gasteiger partial charge in [-0.15, -0.1) is 0 Å². The van der Waals surface area contributed by atoms with E-state index >= 15 is 0 Å². The third kappa shape index (κ3) is 6.26. The molecule has 0 heterocycles. The fraction of sp³-hybridized carbons (Fsp3) is 0.235. The van der Waals surface area contributed by atoms with Crippen LogP contribution in [0.15, 0.2) is 42.5 Å². The van der Waals surface area contributed by atoms with Crippen LogP contribution in [0.3, 0.4) is 0 Å². The Morgan fingerprint density at radius 3 is 2.46 bits per heavy atom. The van der Waals surface area contributed by atoms with E-state index < -0.39 is 5.82 Å². The number of benzene rings is 2. The van der Waals surface area contributed by atoms with Gasteiger partial charge in [-0.3, -0.25) is 0 Å². The first kappa shape index (κ1) is 18.4. The summed E-state index contributed by atoms with van der Waals surface area (Å²) in [7, 11) is 0. The van der Waals surface area contributed by atoms with Crippen molar-refractivity contribution in [3.63, 3.8) is 0 Å². The van der Waals surface area contributed by atoms with Crippen LogP contribution >= 0.6 is 23.2 Å². The minimum absolute atomic E-state index is 0.197. The van der Waals surface area contributed by atoms with Gasteiger partial charge in [0.05, 0.1) is 11.6 Å². The molecule has 0 aliphatic rings. The van der Waals surface area contributed by atoms with Crippen molar-refractivity contribution in [2.45, 2.75) is 6.42 Å². The Kier molecular flexibility index (Phi) is 7.15. The van der Waals surface area contributed by atoms with Gasteiger partial charge in [-0.25, -0.2) is 9.18 Å². The number of halogens is 3. The SMILES string of the molecule is O=C(NCCOc1ccc(F)cc1Cl)NCCc1ccc(Cl)cc1. The number of hydrogen-bond acceptors (Lipinski definition) is 2. The Hall–Kier alpha value is -1.98. The van der Waals surface area contributed by atoms with Crippen molar-refractivity contribution in [1.82, 2.24) is 10.6 Å². The Balaban J connectivity index is 1.60. The van der Waals surface area contributed by atoms with Crippen molar-refractivity contribution in [2.24, 2.45) is 0 Å². The molecule has 0 radical (unpaired) electrons. The van der Waals surface area contributed by atoms with E-state index in [4.69, 9.17) is 27.9 Å². The smallest absolute Gasteiger partial charge is 0.314 e. The summed E-state index contributed by atoms with van der Waals surface area (Å²) in [6.45, 7) is 1.05. The standard InChI is InChI=1S/C17H17Cl2FN2O2/c18-13-3-1-12(2-4-13)7-8-21-17(23)22-9-10-24-16-6-5-14(20)11-15(16)19/h1-6,11H,7-10H2,(H2,21,22,23). The van der Waals surface area contributed by atoms with E-state index in [-0.39, 0.29) is 17.7 Å². The van der Waals surface area contributed by atoms with Crippen molar-refractivity contribution in [2.75, 3.05) is 19.7 Å². The molecule has 4 nitrogen and oxygen atoms in total. The monoisotopic (exact) mass is 370 g/mol. The number of ether oxygens (including phenoxy) is 1. The van der Waals surface area contributed by atoms with E-state index in [1.807, 2.05) is 24.3 Å². The second-order valence-corrected chi connectivity index (χ2v) is 5.83. The van der Waals surface area contributed by atoms with E-state index in [0.29, 0.717) is 30.3 Å². The fourth-order valence-corrected chi connectivity index (χ4v) is 2.30. The lowest BCUT2D eigenvalue weighted by atomic mass is 10.1. The lowest BCUT2D eigenvalue weighted by Gasteiger charge is -2.10. The number of carbonyl (C=O) groups excluding carboxylic acids is 1. The predicted octanol–water partition coefficient (Wildman–Crippen LogP) is 4.05. The van der Waals surface area contributed by atoms with Gasteiger partial charge in [-0.2, -0.15) is 0 Å². The van der Waals surface area contributed by atoms with E-state index in [1.54, 1.807) is 0 Å². The number of nitrogens with one attached hydrogen (secondary N) is 2. The van der Waals surface area contributed by atoms with Gasteiger partial charge in [0.2, 0.25) is 0 Å². The van der Waals surface area contributed by atoms with E-state index in [9.17, 15) is 9.18 Å². The van der Waals surface area contributed by atoms with Crippen LogP contribution in [0.25, 0.3) is 0 Å². The first-order chi connectivity index (χ1) is 11.5. The molecule has 7 heteroatoms. The molecule has 0 aromatic heterocycles. The summed E-state index contributed by atoms with van der Waals surface area (Å²) in [5.41, 5.74) is 1.09. The summed E-state index contributed by atoms with van der Waals surface area (Å²) >= 11 is 11.6. The predicted molar refractivity (Wildman–Crippen MR) is 93.5 cm³/mol. The minimum atomic E-state index is -0.425. The Labute approximate surface area is 149 Å². The second-order valence-electron chi connectivity index (χ2n) is 4.98. The Morgan fingerprint density at radius 1 is 1.04 bits per heavy atom. The molecule has 2 rings (SSSR count).